The van der Waals surface area contributed by atoms with Gasteiger partial charge in [-0.2, -0.15) is 0 Å². The lowest BCUT2D eigenvalue weighted by Crippen LogP contribution is -2.38. The van der Waals surface area contributed by atoms with E-state index < -0.39 is 23.9 Å². The Bertz CT molecular complexity index is 536. The molecule has 2 aliphatic rings. The Kier molecular flexibility index (Phi) is 3.45. The van der Waals surface area contributed by atoms with Crippen molar-refractivity contribution in [2.24, 2.45) is 11.8 Å². The largest absolute Gasteiger partial charge is 0.550 e. The van der Waals surface area contributed by atoms with Gasteiger partial charge in [0.15, 0.2) is 5.78 Å². The predicted molar refractivity (Wildman–Crippen MR) is 67.8 cm³/mol. The molecule has 0 aromatic carbocycles. The van der Waals surface area contributed by atoms with E-state index >= 15 is 0 Å². The number of rotatable bonds is 2. The van der Waals surface area contributed by atoms with Crippen LogP contribution in [0.15, 0.2) is 34.4 Å². The third-order valence-corrected chi connectivity index (χ3v) is 3.98. The monoisotopic (exact) mass is 261 g/mol. The standard InChI is InChI=1S/C15H18O4/c1-7-4-13(17)14-8(2)5-12(16)11(6-10(7)14)9(3)15(18)19/h4,6,9,11-12,16H,5H2,1-3H3,(H,18,19)/p-1/t9-,11?,12-/m0/s1. The van der Waals surface area contributed by atoms with Crippen LogP contribution < -0.4 is 5.11 Å². The smallest absolute Gasteiger partial charge is 0.186 e. The van der Waals surface area contributed by atoms with Crippen molar-refractivity contribution in [3.05, 3.63) is 34.4 Å². The highest BCUT2D eigenvalue weighted by molar-refractivity contribution is 6.13. The minimum absolute atomic E-state index is 0.0600. The van der Waals surface area contributed by atoms with Gasteiger partial charge in [-0.25, -0.2) is 0 Å². The summed E-state index contributed by atoms with van der Waals surface area (Å²) in [5.41, 5.74) is 3.01. The summed E-state index contributed by atoms with van der Waals surface area (Å²) in [7, 11) is 0. The average Bonchev–Trinajstić information content (AvgIpc) is 2.50. The number of hydrogen-bond donors (Lipinski definition) is 1. The van der Waals surface area contributed by atoms with Crippen molar-refractivity contribution < 1.29 is 19.8 Å². The van der Waals surface area contributed by atoms with Gasteiger partial charge in [0.1, 0.15) is 0 Å². The molecule has 0 heterocycles. The van der Waals surface area contributed by atoms with Gasteiger partial charge < -0.3 is 15.0 Å². The molecule has 1 unspecified atom stereocenters. The number of aliphatic hydroxyl groups is 1. The molecule has 0 amide bonds. The number of allylic oxidation sites excluding steroid dienone is 4. The van der Waals surface area contributed by atoms with Gasteiger partial charge in [-0.3, -0.25) is 4.79 Å². The first-order valence-corrected chi connectivity index (χ1v) is 6.36. The first-order chi connectivity index (χ1) is 8.82. The highest BCUT2D eigenvalue weighted by atomic mass is 16.4. The molecule has 1 N–H and O–H groups in total. The van der Waals surface area contributed by atoms with E-state index in [1.807, 2.05) is 13.8 Å². The van der Waals surface area contributed by atoms with Crippen LogP contribution in [0, 0.1) is 11.8 Å². The molecule has 0 bridgehead atoms. The van der Waals surface area contributed by atoms with Crippen molar-refractivity contribution in [2.45, 2.75) is 33.3 Å². The van der Waals surface area contributed by atoms with Crippen LogP contribution in [0.3, 0.4) is 0 Å². The highest BCUT2D eigenvalue weighted by Crippen LogP contribution is 2.38. The second kappa shape index (κ2) is 4.78. The molecule has 4 heteroatoms. The predicted octanol–water partition coefficient (Wildman–Crippen LogP) is 0.525. The molecule has 0 saturated heterocycles. The van der Waals surface area contributed by atoms with Crippen LogP contribution in [0.2, 0.25) is 0 Å². The fourth-order valence-corrected chi connectivity index (χ4v) is 2.82. The minimum Gasteiger partial charge on any atom is -0.550 e. The van der Waals surface area contributed by atoms with Gasteiger partial charge in [0, 0.05) is 23.4 Å². The second-order valence-corrected chi connectivity index (χ2v) is 5.38. The van der Waals surface area contributed by atoms with Crippen LogP contribution in [0.4, 0.5) is 0 Å². The first kappa shape index (κ1) is 13.7. The quantitative estimate of drug-likeness (QED) is 0.786. The summed E-state index contributed by atoms with van der Waals surface area (Å²) in [6, 6.07) is 0. The third kappa shape index (κ3) is 2.28. The Balaban J connectivity index is 2.50. The maximum atomic E-state index is 11.9. The Morgan fingerprint density at radius 1 is 1.47 bits per heavy atom. The van der Waals surface area contributed by atoms with E-state index in [9.17, 15) is 19.8 Å². The molecule has 2 aliphatic carbocycles. The van der Waals surface area contributed by atoms with E-state index in [1.54, 1.807) is 12.2 Å². The van der Waals surface area contributed by atoms with Crippen molar-refractivity contribution >= 4 is 11.8 Å². The number of carbonyl (C=O) groups excluding carboxylic acids is 2. The van der Waals surface area contributed by atoms with Crippen molar-refractivity contribution in [1.82, 2.24) is 0 Å². The molecule has 2 rings (SSSR count). The molecule has 0 saturated carbocycles. The van der Waals surface area contributed by atoms with Crippen LogP contribution in [-0.2, 0) is 9.59 Å². The average molecular weight is 261 g/mol. The zero-order valence-electron chi connectivity index (χ0n) is 11.3. The SMILES string of the molecule is CC1=CC(=O)C2=C(C)C[C@H](O)C([C@H](C)C(=O)[O-])C=C12. The van der Waals surface area contributed by atoms with Crippen molar-refractivity contribution in [3.8, 4) is 0 Å². The van der Waals surface area contributed by atoms with Crippen LogP contribution in [0.5, 0.6) is 0 Å². The molecule has 4 nitrogen and oxygen atoms in total. The Labute approximate surface area is 112 Å². The fraction of sp³-hybridized carbons (Fsp3) is 0.467. The number of carbonyl (C=O) groups is 2. The van der Waals surface area contributed by atoms with Gasteiger partial charge in [0.05, 0.1) is 6.10 Å². The topological polar surface area (TPSA) is 77.4 Å². The first-order valence-electron chi connectivity index (χ1n) is 6.36. The molecular weight excluding hydrogens is 244 g/mol. The molecule has 0 aromatic heterocycles. The van der Waals surface area contributed by atoms with E-state index in [0.717, 1.165) is 16.7 Å². The van der Waals surface area contributed by atoms with Gasteiger partial charge in [-0.1, -0.05) is 18.6 Å². The van der Waals surface area contributed by atoms with Gasteiger partial charge in [0.25, 0.3) is 0 Å². The zero-order chi connectivity index (χ0) is 14.3. The number of aliphatic carboxylic acids is 1. The van der Waals surface area contributed by atoms with E-state index in [2.05, 4.69) is 0 Å². The maximum Gasteiger partial charge on any atom is 0.186 e. The normalized spacial score (nSPS) is 28.5. The highest BCUT2D eigenvalue weighted by Gasteiger charge is 2.33. The van der Waals surface area contributed by atoms with Gasteiger partial charge in [-0.05, 0) is 37.5 Å². The Morgan fingerprint density at radius 3 is 2.68 bits per heavy atom. The number of aliphatic hydroxyl groups excluding tert-OH is 1. The summed E-state index contributed by atoms with van der Waals surface area (Å²) in [6.07, 6.45) is 2.78. The van der Waals surface area contributed by atoms with E-state index in [4.69, 9.17) is 0 Å². The number of carboxylic acid groups (broad SMARTS) is 1. The fourth-order valence-electron chi connectivity index (χ4n) is 2.82. The lowest BCUT2D eigenvalue weighted by Gasteiger charge is -2.26. The molecular formula is C15H17O4-. The van der Waals surface area contributed by atoms with Crippen molar-refractivity contribution in [2.75, 3.05) is 0 Å². The molecule has 102 valence electrons. The lowest BCUT2D eigenvalue weighted by molar-refractivity contribution is -0.312. The molecule has 0 radical (unpaired) electrons. The van der Waals surface area contributed by atoms with Crippen molar-refractivity contribution in [1.29, 1.82) is 0 Å². The summed E-state index contributed by atoms with van der Waals surface area (Å²) in [4.78, 5) is 22.9. The number of fused-ring (bicyclic) bond motifs is 1. The minimum atomic E-state index is -1.19. The number of ketones is 1. The van der Waals surface area contributed by atoms with Crippen LogP contribution in [0.25, 0.3) is 0 Å². The lowest BCUT2D eigenvalue weighted by atomic mass is 9.86. The number of hydrogen-bond acceptors (Lipinski definition) is 4. The van der Waals surface area contributed by atoms with E-state index in [-0.39, 0.29) is 5.78 Å². The summed E-state index contributed by atoms with van der Waals surface area (Å²) in [5.74, 6) is -2.58. The van der Waals surface area contributed by atoms with Crippen LogP contribution in [0.1, 0.15) is 27.2 Å². The van der Waals surface area contributed by atoms with E-state index in [0.29, 0.717) is 12.0 Å². The molecule has 0 spiro atoms. The number of carboxylic acids is 1. The summed E-state index contributed by atoms with van der Waals surface area (Å²) < 4.78 is 0. The van der Waals surface area contributed by atoms with Crippen LogP contribution >= 0.6 is 0 Å². The van der Waals surface area contributed by atoms with E-state index in [1.165, 1.54) is 6.92 Å². The molecule has 3 atom stereocenters. The second-order valence-electron chi connectivity index (χ2n) is 5.38. The van der Waals surface area contributed by atoms with Gasteiger partial charge in [-0.15, -0.1) is 0 Å². The van der Waals surface area contributed by atoms with Gasteiger partial charge >= 0.3 is 0 Å². The third-order valence-electron chi connectivity index (χ3n) is 3.98. The summed E-state index contributed by atoms with van der Waals surface area (Å²) in [5, 5.41) is 21.2. The van der Waals surface area contributed by atoms with Crippen molar-refractivity contribution in [3.63, 3.8) is 0 Å². The van der Waals surface area contributed by atoms with Crippen LogP contribution in [-0.4, -0.2) is 23.0 Å². The maximum absolute atomic E-state index is 11.9. The molecule has 0 aromatic rings. The molecule has 0 fully saturated rings. The Hall–Kier alpha value is -1.68. The molecule has 19 heavy (non-hydrogen) atoms. The van der Waals surface area contributed by atoms with Gasteiger partial charge in [0.2, 0.25) is 0 Å². The summed E-state index contributed by atoms with van der Waals surface area (Å²) >= 11 is 0. The Morgan fingerprint density at radius 2 is 2.11 bits per heavy atom. The molecule has 0 aliphatic heterocycles. The zero-order valence-corrected chi connectivity index (χ0v) is 11.3. The summed E-state index contributed by atoms with van der Waals surface area (Å²) in [6.45, 7) is 5.15.